The van der Waals surface area contributed by atoms with E-state index in [9.17, 15) is 15.3 Å². The Morgan fingerprint density at radius 1 is 1.08 bits per heavy atom. The van der Waals surface area contributed by atoms with E-state index in [0.717, 1.165) is 35.4 Å². The molecule has 1 aliphatic carbocycles. The lowest BCUT2D eigenvalue weighted by atomic mass is 10.1. The predicted molar refractivity (Wildman–Crippen MR) is 135 cm³/mol. The number of benzene rings is 1. The highest BCUT2D eigenvalue weighted by atomic mass is 16.6. The van der Waals surface area contributed by atoms with Gasteiger partial charge in [0.1, 0.15) is 23.4 Å². The minimum absolute atomic E-state index is 0.0341. The Morgan fingerprint density at radius 3 is 2.36 bits per heavy atom. The van der Waals surface area contributed by atoms with Crippen molar-refractivity contribution in [2.24, 2.45) is 0 Å². The summed E-state index contributed by atoms with van der Waals surface area (Å²) < 4.78 is 7.55. The molecule has 3 aromatic rings. The van der Waals surface area contributed by atoms with Gasteiger partial charge in [-0.05, 0) is 70.2 Å². The molecule has 1 amide bonds. The average Bonchev–Trinajstić information content (AvgIpc) is 3.62. The Labute approximate surface area is 210 Å². The number of nitriles is 2. The maximum atomic E-state index is 12.6. The van der Waals surface area contributed by atoms with Gasteiger partial charge in [-0.25, -0.2) is 14.8 Å². The standard InChI is InChI=1S/C27H29N7O2/c1-17-14-32(26(35)36-27(2,3)4)7-8-33(17)24-23-22(20-5-6-20)15-34(25(23)31-16-30-24)21-10-18(12-28)9-19(11-21)13-29/h9-11,15-17,20H,5-8,14H2,1-4H3/t17-/m0/s1. The highest BCUT2D eigenvalue weighted by Gasteiger charge is 2.34. The van der Waals surface area contributed by atoms with Gasteiger partial charge in [0.15, 0.2) is 0 Å². The van der Waals surface area contributed by atoms with Crippen LogP contribution in [0.15, 0.2) is 30.7 Å². The third kappa shape index (κ3) is 4.45. The van der Waals surface area contributed by atoms with Crippen molar-refractivity contribution in [3.8, 4) is 17.8 Å². The maximum Gasteiger partial charge on any atom is 0.410 e. The van der Waals surface area contributed by atoms with Gasteiger partial charge in [-0.3, -0.25) is 0 Å². The molecule has 9 heteroatoms. The Morgan fingerprint density at radius 2 is 1.78 bits per heavy atom. The number of fused-ring (bicyclic) bond motifs is 1. The summed E-state index contributed by atoms with van der Waals surface area (Å²) in [5.74, 6) is 1.29. The first-order valence-corrected chi connectivity index (χ1v) is 12.2. The van der Waals surface area contributed by atoms with Gasteiger partial charge in [0, 0.05) is 37.6 Å². The zero-order chi connectivity index (χ0) is 25.6. The van der Waals surface area contributed by atoms with E-state index < -0.39 is 5.60 Å². The molecule has 184 valence electrons. The van der Waals surface area contributed by atoms with Crippen molar-refractivity contribution in [3.05, 3.63) is 47.4 Å². The molecule has 3 heterocycles. The summed E-state index contributed by atoms with van der Waals surface area (Å²) in [6.07, 6.45) is 5.57. The summed E-state index contributed by atoms with van der Waals surface area (Å²) in [6.45, 7) is 9.42. The lowest BCUT2D eigenvalue weighted by molar-refractivity contribution is 0.0218. The Balaban J connectivity index is 1.54. The molecule has 2 fully saturated rings. The topological polar surface area (TPSA) is 111 Å². The molecule has 5 rings (SSSR count). The number of aromatic nitrogens is 3. The number of amides is 1. The van der Waals surface area contributed by atoms with Crippen molar-refractivity contribution in [3.63, 3.8) is 0 Å². The van der Waals surface area contributed by atoms with E-state index in [1.165, 1.54) is 5.56 Å². The van der Waals surface area contributed by atoms with Gasteiger partial charge in [0.05, 0.1) is 28.7 Å². The minimum atomic E-state index is -0.535. The molecular weight excluding hydrogens is 454 g/mol. The number of hydrogen-bond acceptors (Lipinski definition) is 7. The van der Waals surface area contributed by atoms with Gasteiger partial charge < -0.3 is 19.1 Å². The summed E-state index contributed by atoms with van der Waals surface area (Å²) >= 11 is 0. The molecule has 1 atom stereocenters. The number of piperazine rings is 1. The fourth-order valence-electron chi connectivity index (χ4n) is 4.84. The van der Waals surface area contributed by atoms with Crippen LogP contribution in [-0.4, -0.2) is 56.8 Å². The molecular formula is C27H29N7O2. The molecule has 1 aromatic carbocycles. The quantitative estimate of drug-likeness (QED) is 0.540. The molecule has 1 aliphatic heterocycles. The summed E-state index contributed by atoms with van der Waals surface area (Å²) in [7, 11) is 0. The largest absolute Gasteiger partial charge is 0.444 e. The van der Waals surface area contributed by atoms with Crippen molar-refractivity contribution in [1.29, 1.82) is 10.5 Å². The summed E-state index contributed by atoms with van der Waals surface area (Å²) in [5.41, 5.74) is 2.99. The van der Waals surface area contributed by atoms with Crippen LogP contribution in [0.2, 0.25) is 0 Å². The van der Waals surface area contributed by atoms with Gasteiger partial charge in [-0.1, -0.05) is 0 Å². The Bertz CT molecular complexity index is 1390. The monoisotopic (exact) mass is 483 g/mol. The van der Waals surface area contributed by atoms with Crippen LogP contribution in [0.3, 0.4) is 0 Å². The van der Waals surface area contributed by atoms with Crippen LogP contribution in [0.5, 0.6) is 0 Å². The molecule has 1 saturated carbocycles. The van der Waals surface area contributed by atoms with Crippen LogP contribution in [0.4, 0.5) is 10.6 Å². The summed E-state index contributed by atoms with van der Waals surface area (Å²) in [5, 5.41) is 19.9. The third-order valence-electron chi connectivity index (χ3n) is 6.61. The predicted octanol–water partition coefficient (Wildman–Crippen LogP) is 4.49. The third-order valence-corrected chi connectivity index (χ3v) is 6.61. The zero-order valence-electron chi connectivity index (χ0n) is 21.0. The lowest BCUT2D eigenvalue weighted by Crippen LogP contribution is -2.54. The Kier molecular flexibility index (Phi) is 5.80. The van der Waals surface area contributed by atoms with E-state index in [0.29, 0.717) is 36.7 Å². The number of hydrogen-bond donors (Lipinski definition) is 0. The Hall–Kier alpha value is -4.11. The van der Waals surface area contributed by atoms with E-state index in [2.05, 4.69) is 35.1 Å². The van der Waals surface area contributed by atoms with Crippen LogP contribution in [0.1, 0.15) is 63.1 Å². The number of carbonyl (C=O) groups is 1. The van der Waals surface area contributed by atoms with Crippen LogP contribution in [-0.2, 0) is 4.74 Å². The first kappa shape index (κ1) is 23.6. The van der Waals surface area contributed by atoms with E-state index >= 15 is 0 Å². The number of carbonyl (C=O) groups excluding carboxylic acids is 1. The first-order valence-electron chi connectivity index (χ1n) is 12.2. The van der Waals surface area contributed by atoms with Crippen LogP contribution in [0, 0.1) is 22.7 Å². The van der Waals surface area contributed by atoms with Gasteiger partial charge in [0.25, 0.3) is 0 Å². The van der Waals surface area contributed by atoms with Crippen LogP contribution >= 0.6 is 0 Å². The molecule has 2 aliphatic rings. The average molecular weight is 484 g/mol. The van der Waals surface area contributed by atoms with E-state index in [-0.39, 0.29) is 12.1 Å². The summed E-state index contributed by atoms with van der Waals surface area (Å²) in [6, 6.07) is 9.48. The second-order valence-electron chi connectivity index (χ2n) is 10.6. The number of nitrogens with zero attached hydrogens (tertiary/aromatic N) is 7. The fraction of sp³-hybridized carbons (Fsp3) is 0.444. The van der Waals surface area contributed by atoms with Crippen molar-refractivity contribution in [2.45, 2.75) is 58.1 Å². The van der Waals surface area contributed by atoms with Crippen molar-refractivity contribution in [2.75, 3.05) is 24.5 Å². The molecule has 0 bridgehead atoms. The first-order chi connectivity index (χ1) is 17.2. The van der Waals surface area contributed by atoms with Crippen LogP contribution < -0.4 is 4.90 Å². The van der Waals surface area contributed by atoms with E-state index in [4.69, 9.17) is 9.72 Å². The normalized spacial score (nSPS) is 18.1. The molecule has 9 nitrogen and oxygen atoms in total. The maximum absolute atomic E-state index is 12.6. The van der Waals surface area contributed by atoms with E-state index in [1.807, 2.05) is 25.3 Å². The van der Waals surface area contributed by atoms with Crippen molar-refractivity contribution in [1.82, 2.24) is 19.4 Å². The second kappa shape index (κ2) is 8.83. The smallest absolute Gasteiger partial charge is 0.410 e. The fourth-order valence-corrected chi connectivity index (χ4v) is 4.84. The van der Waals surface area contributed by atoms with Crippen molar-refractivity contribution >= 4 is 22.9 Å². The van der Waals surface area contributed by atoms with Gasteiger partial charge >= 0.3 is 6.09 Å². The number of anilines is 1. The molecule has 0 unspecified atom stereocenters. The number of ether oxygens (including phenoxy) is 1. The zero-order valence-corrected chi connectivity index (χ0v) is 21.0. The SMILES string of the molecule is C[C@H]1CN(C(=O)OC(C)(C)C)CCN1c1ncnc2c1c(C1CC1)cn2-c1cc(C#N)cc(C#N)c1. The molecule has 36 heavy (non-hydrogen) atoms. The minimum Gasteiger partial charge on any atom is -0.444 e. The van der Waals surface area contributed by atoms with Gasteiger partial charge in [-0.15, -0.1) is 0 Å². The molecule has 0 N–H and O–H groups in total. The second-order valence-corrected chi connectivity index (χ2v) is 10.6. The lowest BCUT2D eigenvalue weighted by Gasteiger charge is -2.41. The van der Waals surface area contributed by atoms with Gasteiger partial charge in [-0.2, -0.15) is 10.5 Å². The van der Waals surface area contributed by atoms with Gasteiger partial charge in [0.2, 0.25) is 0 Å². The molecule has 0 radical (unpaired) electrons. The van der Waals surface area contributed by atoms with Crippen molar-refractivity contribution < 1.29 is 9.53 Å². The summed E-state index contributed by atoms with van der Waals surface area (Å²) in [4.78, 5) is 26.0. The molecule has 2 aromatic heterocycles. The molecule has 1 saturated heterocycles. The van der Waals surface area contributed by atoms with Crippen LogP contribution in [0.25, 0.3) is 16.7 Å². The number of rotatable bonds is 3. The highest BCUT2D eigenvalue weighted by molar-refractivity contribution is 5.93. The molecule has 0 spiro atoms. The highest BCUT2D eigenvalue weighted by Crippen LogP contribution is 2.46. The van der Waals surface area contributed by atoms with E-state index in [1.54, 1.807) is 29.4 Å².